The number of carboxylic acids is 1. The second-order valence-electron chi connectivity index (χ2n) is 5.56. The monoisotopic (exact) mass is 290 g/mol. The molecular formula is C15H18N2O4. The first-order chi connectivity index (χ1) is 10.1. The molecule has 2 N–H and O–H groups in total. The average Bonchev–Trinajstić information content (AvgIpc) is 2.91. The lowest BCUT2D eigenvalue weighted by atomic mass is 9.90. The van der Waals surface area contributed by atoms with Gasteiger partial charge in [0.25, 0.3) is 0 Å². The van der Waals surface area contributed by atoms with Gasteiger partial charge in [-0.1, -0.05) is 18.2 Å². The van der Waals surface area contributed by atoms with E-state index in [1.807, 2.05) is 6.07 Å². The molecule has 1 fully saturated rings. The molecule has 6 nitrogen and oxygen atoms in total. The molecule has 0 bridgehead atoms. The summed E-state index contributed by atoms with van der Waals surface area (Å²) in [6.07, 6.45) is 0.550. The average molecular weight is 290 g/mol. The standard InChI is InChI=1S/C15H18N2O4/c18-10-5-7-16(9-10)15(21)17-8-6-12(14(19)20)11-3-1-2-4-13(11)17/h1-4,10,12,18H,5-9H2,(H,19,20). The first kappa shape index (κ1) is 13.9. The zero-order chi connectivity index (χ0) is 15.0. The minimum atomic E-state index is -0.855. The Morgan fingerprint density at radius 2 is 1.90 bits per heavy atom. The number of aliphatic hydroxyl groups excluding tert-OH is 1. The molecule has 0 saturated carbocycles. The second-order valence-corrected chi connectivity index (χ2v) is 5.56. The SMILES string of the molecule is O=C(O)C1CCN(C(=O)N2CCC(O)C2)c2ccccc21. The Labute approximate surface area is 122 Å². The van der Waals surface area contributed by atoms with E-state index in [9.17, 15) is 19.8 Å². The van der Waals surface area contributed by atoms with E-state index >= 15 is 0 Å². The largest absolute Gasteiger partial charge is 0.481 e. The number of nitrogens with zero attached hydrogens (tertiary/aromatic N) is 2. The van der Waals surface area contributed by atoms with Crippen molar-refractivity contribution in [1.29, 1.82) is 0 Å². The summed E-state index contributed by atoms with van der Waals surface area (Å²) in [4.78, 5) is 27.2. The Morgan fingerprint density at radius 1 is 1.14 bits per heavy atom. The van der Waals surface area contributed by atoms with Crippen LogP contribution < -0.4 is 4.90 Å². The van der Waals surface area contributed by atoms with E-state index in [1.165, 1.54) is 0 Å². The Morgan fingerprint density at radius 3 is 2.57 bits per heavy atom. The Balaban J connectivity index is 1.89. The highest BCUT2D eigenvalue weighted by molar-refractivity contribution is 5.95. The zero-order valence-electron chi connectivity index (χ0n) is 11.6. The van der Waals surface area contributed by atoms with Crippen LogP contribution in [0.25, 0.3) is 0 Å². The van der Waals surface area contributed by atoms with Gasteiger partial charge in [0.2, 0.25) is 0 Å². The van der Waals surface area contributed by atoms with Gasteiger partial charge in [-0.3, -0.25) is 9.69 Å². The van der Waals surface area contributed by atoms with E-state index < -0.39 is 18.0 Å². The van der Waals surface area contributed by atoms with Crippen LogP contribution in [0.5, 0.6) is 0 Å². The van der Waals surface area contributed by atoms with Crippen LogP contribution in [0.4, 0.5) is 10.5 Å². The third kappa shape index (κ3) is 2.47. The number of likely N-dealkylation sites (tertiary alicyclic amines) is 1. The molecule has 0 radical (unpaired) electrons. The van der Waals surface area contributed by atoms with Gasteiger partial charge in [-0.2, -0.15) is 0 Å². The fraction of sp³-hybridized carbons (Fsp3) is 0.467. The molecule has 1 saturated heterocycles. The summed E-state index contributed by atoms with van der Waals surface area (Å²) in [5.41, 5.74) is 1.35. The molecule has 2 heterocycles. The lowest BCUT2D eigenvalue weighted by Gasteiger charge is -2.35. The quantitative estimate of drug-likeness (QED) is 0.815. The van der Waals surface area contributed by atoms with Crippen molar-refractivity contribution in [3.05, 3.63) is 29.8 Å². The van der Waals surface area contributed by atoms with Crippen LogP contribution >= 0.6 is 0 Å². The summed E-state index contributed by atoms with van der Waals surface area (Å²) < 4.78 is 0. The molecule has 2 aliphatic heterocycles. The van der Waals surface area contributed by atoms with Crippen LogP contribution in [0.2, 0.25) is 0 Å². The van der Waals surface area contributed by atoms with E-state index in [2.05, 4.69) is 0 Å². The summed E-state index contributed by atoms with van der Waals surface area (Å²) in [5.74, 6) is -1.42. The molecular weight excluding hydrogens is 272 g/mol. The number of hydrogen-bond acceptors (Lipinski definition) is 3. The van der Waals surface area contributed by atoms with Crippen molar-refractivity contribution in [2.45, 2.75) is 24.9 Å². The number of carboxylic acid groups (broad SMARTS) is 1. The zero-order valence-corrected chi connectivity index (χ0v) is 11.6. The predicted octanol–water partition coefficient (Wildman–Crippen LogP) is 1.25. The minimum absolute atomic E-state index is 0.150. The van der Waals surface area contributed by atoms with Crippen molar-refractivity contribution in [1.82, 2.24) is 4.90 Å². The van der Waals surface area contributed by atoms with Crippen LogP contribution in [-0.2, 0) is 4.79 Å². The van der Waals surface area contributed by atoms with Crippen molar-refractivity contribution in [2.24, 2.45) is 0 Å². The number of fused-ring (bicyclic) bond motifs is 1. The number of benzene rings is 1. The van der Waals surface area contributed by atoms with Gasteiger partial charge in [0.15, 0.2) is 0 Å². The minimum Gasteiger partial charge on any atom is -0.481 e. The maximum absolute atomic E-state index is 12.6. The molecule has 1 aromatic carbocycles. The predicted molar refractivity (Wildman–Crippen MR) is 76.4 cm³/mol. The maximum atomic E-state index is 12.6. The summed E-state index contributed by atoms with van der Waals surface area (Å²) in [5, 5.41) is 18.9. The molecule has 2 aliphatic rings. The van der Waals surface area contributed by atoms with Gasteiger partial charge in [-0.05, 0) is 24.5 Å². The highest BCUT2D eigenvalue weighted by Crippen LogP contribution is 2.36. The summed E-state index contributed by atoms with van der Waals surface area (Å²) in [7, 11) is 0. The molecule has 3 rings (SSSR count). The number of hydrogen-bond donors (Lipinski definition) is 2. The van der Waals surface area contributed by atoms with E-state index in [-0.39, 0.29) is 6.03 Å². The molecule has 0 aromatic heterocycles. The molecule has 21 heavy (non-hydrogen) atoms. The number of anilines is 1. The molecule has 2 atom stereocenters. The Bertz CT molecular complexity index is 575. The van der Waals surface area contributed by atoms with Gasteiger partial charge in [0.05, 0.1) is 12.0 Å². The maximum Gasteiger partial charge on any atom is 0.324 e. The van der Waals surface area contributed by atoms with Crippen molar-refractivity contribution in [3.8, 4) is 0 Å². The lowest BCUT2D eigenvalue weighted by molar-refractivity contribution is -0.139. The molecule has 2 amide bonds. The van der Waals surface area contributed by atoms with Crippen LogP contribution in [0.1, 0.15) is 24.3 Å². The smallest absolute Gasteiger partial charge is 0.324 e. The number of para-hydroxylation sites is 1. The number of aliphatic hydroxyl groups is 1. The molecule has 1 aromatic rings. The van der Waals surface area contributed by atoms with E-state index in [4.69, 9.17) is 0 Å². The summed E-state index contributed by atoms with van der Waals surface area (Å²) in [6.45, 7) is 1.28. The number of aliphatic carboxylic acids is 1. The van der Waals surface area contributed by atoms with Gasteiger partial charge in [0, 0.05) is 25.3 Å². The topological polar surface area (TPSA) is 81.1 Å². The Hall–Kier alpha value is -2.08. The first-order valence-electron chi connectivity index (χ1n) is 7.14. The normalized spacial score (nSPS) is 24.8. The summed E-state index contributed by atoms with van der Waals surface area (Å²) in [6, 6.07) is 7.01. The third-order valence-electron chi connectivity index (χ3n) is 4.21. The molecule has 2 unspecified atom stereocenters. The number of β-amino-alcohol motifs (C(OH)–C–C–N with tert-alkyl or cyclic N) is 1. The molecule has 112 valence electrons. The second kappa shape index (κ2) is 5.37. The number of amides is 2. The lowest BCUT2D eigenvalue weighted by Crippen LogP contribution is -2.46. The van der Waals surface area contributed by atoms with Crippen LogP contribution in [0.3, 0.4) is 0 Å². The highest BCUT2D eigenvalue weighted by atomic mass is 16.4. The van der Waals surface area contributed by atoms with Crippen LogP contribution in [0, 0.1) is 0 Å². The van der Waals surface area contributed by atoms with Crippen LogP contribution in [0.15, 0.2) is 24.3 Å². The van der Waals surface area contributed by atoms with Gasteiger partial charge < -0.3 is 15.1 Å². The number of rotatable bonds is 1. The van der Waals surface area contributed by atoms with Crippen LogP contribution in [-0.4, -0.2) is 52.9 Å². The van der Waals surface area contributed by atoms with E-state index in [0.29, 0.717) is 43.7 Å². The number of carbonyl (C=O) groups excluding carboxylic acids is 1. The molecule has 0 aliphatic carbocycles. The third-order valence-corrected chi connectivity index (χ3v) is 4.21. The van der Waals surface area contributed by atoms with Gasteiger partial charge in [0.1, 0.15) is 0 Å². The number of urea groups is 1. The van der Waals surface area contributed by atoms with Crippen molar-refractivity contribution in [3.63, 3.8) is 0 Å². The van der Waals surface area contributed by atoms with Gasteiger partial charge in [-0.25, -0.2) is 4.79 Å². The number of carbonyl (C=O) groups is 2. The fourth-order valence-corrected chi connectivity index (χ4v) is 3.10. The van der Waals surface area contributed by atoms with Crippen molar-refractivity contribution >= 4 is 17.7 Å². The van der Waals surface area contributed by atoms with Crippen molar-refractivity contribution < 1.29 is 19.8 Å². The Kier molecular flexibility index (Phi) is 3.55. The summed E-state index contributed by atoms with van der Waals surface area (Å²) >= 11 is 0. The first-order valence-corrected chi connectivity index (χ1v) is 7.14. The van der Waals surface area contributed by atoms with E-state index in [0.717, 1.165) is 0 Å². The van der Waals surface area contributed by atoms with Gasteiger partial charge >= 0.3 is 12.0 Å². The van der Waals surface area contributed by atoms with Gasteiger partial charge in [-0.15, -0.1) is 0 Å². The molecule has 6 heteroatoms. The van der Waals surface area contributed by atoms with Crippen molar-refractivity contribution in [2.75, 3.05) is 24.5 Å². The highest BCUT2D eigenvalue weighted by Gasteiger charge is 2.35. The molecule has 0 spiro atoms. The fourth-order valence-electron chi connectivity index (χ4n) is 3.10. The van der Waals surface area contributed by atoms with E-state index in [1.54, 1.807) is 28.0 Å².